The van der Waals surface area contributed by atoms with Crippen molar-refractivity contribution in [1.82, 2.24) is 9.78 Å². The minimum absolute atomic E-state index is 0.278. The van der Waals surface area contributed by atoms with E-state index in [1.807, 2.05) is 11.7 Å². The van der Waals surface area contributed by atoms with Crippen LogP contribution < -0.4 is 5.73 Å². The van der Waals surface area contributed by atoms with Crippen molar-refractivity contribution >= 4 is 5.82 Å². The summed E-state index contributed by atoms with van der Waals surface area (Å²) in [6.45, 7) is 4.55. The lowest BCUT2D eigenvalue weighted by molar-refractivity contribution is 0.464. The molecular formula is C13H23N3. The molecule has 1 saturated carbocycles. The maximum Gasteiger partial charge on any atom is 0.124 e. The summed E-state index contributed by atoms with van der Waals surface area (Å²) >= 11 is 0. The van der Waals surface area contributed by atoms with Crippen molar-refractivity contribution in [3.8, 4) is 0 Å². The fourth-order valence-corrected chi connectivity index (χ4v) is 2.95. The van der Waals surface area contributed by atoms with Crippen molar-refractivity contribution in [2.45, 2.75) is 57.8 Å². The first kappa shape index (κ1) is 11.5. The van der Waals surface area contributed by atoms with Gasteiger partial charge in [0.05, 0.1) is 5.69 Å². The molecule has 0 saturated heterocycles. The molecule has 0 atom stereocenters. The summed E-state index contributed by atoms with van der Waals surface area (Å²) in [5.41, 5.74) is 8.96. The molecule has 16 heavy (non-hydrogen) atoms. The maximum absolute atomic E-state index is 6.12. The molecule has 1 aromatic heterocycles. The third-order valence-corrected chi connectivity index (χ3v) is 3.97. The Hall–Kier alpha value is -0.990. The number of rotatable bonds is 3. The molecule has 3 heteroatoms. The molecule has 90 valence electrons. The number of nitrogens with two attached hydrogens (primary N) is 1. The quantitative estimate of drug-likeness (QED) is 0.853. The lowest BCUT2D eigenvalue weighted by Gasteiger charge is -2.22. The maximum atomic E-state index is 6.12. The topological polar surface area (TPSA) is 43.8 Å². The van der Waals surface area contributed by atoms with Gasteiger partial charge in [0, 0.05) is 18.0 Å². The third kappa shape index (κ3) is 1.72. The Bertz CT molecular complexity index is 373. The Kier molecular flexibility index (Phi) is 2.96. The second-order valence-corrected chi connectivity index (χ2v) is 5.35. The molecule has 2 N–H and O–H groups in total. The first-order chi connectivity index (χ1) is 7.58. The molecule has 2 rings (SSSR count). The summed E-state index contributed by atoms with van der Waals surface area (Å²) < 4.78 is 1.85. The molecule has 0 radical (unpaired) electrons. The van der Waals surface area contributed by atoms with Crippen LogP contribution in [0.25, 0.3) is 0 Å². The first-order valence-electron chi connectivity index (χ1n) is 6.40. The molecule has 0 aromatic carbocycles. The standard InChI is InChI=1S/C13H23N3/c1-4-7-10-11(15-16(3)12(10)14)13(2)8-5-6-9-13/h4-9,14H2,1-3H3. The van der Waals surface area contributed by atoms with Crippen molar-refractivity contribution in [3.05, 3.63) is 11.3 Å². The zero-order valence-electron chi connectivity index (χ0n) is 10.7. The predicted molar refractivity (Wildman–Crippen MR) is 67.4 cm³/mol. The molecule has 0 amide bonds. The van der Waals surface area contributed by atoms with E-state index in [1.54, 1.807) is 0 Å². The Balaban J connectivity index is 2.42. The molecule has 1 fully saturated rings. The molecule has 0 aliphatic heterocycles. The number of nitrogen functional groups attached to an aromatic ring is 1. The molecule has 0 spiro atoms. The average molecular weight is 221 g/mol. The fraction of sp³-hybridized carbons (Fsp3) is 0.769. The highest BCUT2D eigenvalue weighted by Crippen LogP contribution is 2.42. The zero-order valence-corrected chi connectivity index (χ0v) is 10.7. The molecule has 0 bridgehead atoms. The summed E-state index contributed by atoms with van der Waals surface area (Å²) in [6.07, 6.45) is 7.39. The molecule has 1 heterocycles. The van der Waals surface area contributed by atoms with Crippen LogP contribution in [0.3, 0.4) is 0 Å². The number of aromatic nitrogens is 2. The Morgan fingerprint density at radius 1 is 1.38 bits per heavy atom. The van der Waals surface area contributed by atoms with E-state index in [1.165, 1.54) is 36.9 Å². The Morgan fingerprint density at radius 2 is 2.00 bits per heavy atom. The minimum Gasteiger partial charge on any atom is -0.384 e. The number of hydrogen-bond donors (Lipinski definition) is 1. The summed E-state index contributed by atoms with van der Waals surface area (Å²) in [6, 6.07) is 0. The molecule has 3 nitrogen and oxygen atoms in total. The molecule has 1 aromatic rings. The van der Waals surface area contributed by atoms with E-state index in [0.29, 0.717) is 0 Å². The van der Waals surface area contributed by atoms with Crippen molar-refractivity contribution in [2.24, 2.45) is 7.05 Å². The number of anilines is 1. The zero-order chi connectivity index (χ0) is 11.8. The smallest absolute Gasteiger partial charge is 0.124 e. The van der Waals surface area contributed by atoms with Gasteiger partial charge in [0.25, 0.3) is 0 Å². The van der Waals surface area contributed by atoms with Crippen molar-refractivity contribution < 1.29 is 0 Å². The average Bonchev–Trinajstić information content (AvgIpc) is 2.79. The predicted octanol–water partition coefficient (Wildman–Crippen LogP) is 2.79. The van der Waals surface area contributed by atoms with Gasteiger partial charge in [0.15, 0.2) is 0 Å². The summed E-state index contributed by atoms with van der Waals surface area (Å²) in [5.74, 6) is 0.866. The van der Waals surface area contributed by atoms with Gasteiger partial charge in [-0.05, 0) is 19.3 Å². The van der Waals surface area contributed by atoms with Crippen LogP contribution in [0.4, 0.5) is 5.82 Å². The van der Waals surface area contributed by atoms with Crippen molar-refractivity contribution in [2.75, 3.05) is 5.73 Å². The van der Waals surface area contributed by atoms with E-state index >= 15 is 0 Å². The summed E-state index contributed by atoms with van der Waals surface area (Å²) in [4.78, 5) is 0. The van der Waals surface area contributed by atoms with E-state index in [9.17, 15) is 0 Å². The Morgan fingerprint density at radius 3 is 2.56 bits per heavy atom. The van der Waals surface area contributed by atoms with E-state index in [-0.39, 0.29) is 5.41 Å². The lowest BCUT2D eigenvalue weighted by Crippen LogP contribution is -2.19. The van der Waals surface area contributed by atoms with Crippen LogP contribution >= 0.6 is 0 Å². The van der Waals surface area contributed by atoms with E-state index < -0.39 is 0 Å². The number of aryl methyl sites for hydroxylation is 1. The van der Waals surface area contributed by atoms with Gasteiger partial charge in [-0.3, -0.25) is 4.68 Å². The molecule has 0 unspecified atom stereocenters. The van der Waals surface area contributed by atoms with Crippen LogP contribution in [0.5, 0.6) is 0 Å². The van der Waals surface area contributed by atoms with Gasteiger partial charge in [-0.15, -0.1) is 0 Å². The van der Waals surface area contributed by atoms with E-state index in [0.717, 1.165) is 18.7 Å². The number of hydrogen-bond acceptors (Lipinski definition) is 2. The van der Waals surface area contributed by atoms with Crippen LogP contribution in [0, 0.1) is 0 Å². The normalized spacial score (nSPS) is 19.2. The minimum atomic E-state index is 0.278. The highest BCUT2D eigenvalue weighted by molar-refractivity contribution is 5.46. The SMILES string of the molecule is CCCc1c(C2(C)CCCC2)nn(C)c1N. The van der Waals surface area contributed by atoms with E-state index in [2.05, 4.69) is 18.9 Å². The van der Waals surface area contributed by atoms with Gasteiger partial charge in [-0.2, -0.15) is 5.10 Å². The second kappa shape index (κ2) is 4.11. The van der Waals surface area contributed by atoms with Gasteiger partial charge in [-0.25, -0.2) is 0 Å². The lowest BCUT2D eigenvalue weighted by atomic mass is 9.82. The van der Waals surface area contributed by atoms with Gasteiger partial charge in [0.2, 0.25) is 0 Å². The van der Waals surface area contributed by atoms with Gasteiger partial charge >= 0.3 is 0 Å². The van der Waals surface area contributed by atoms with Crippen LogP contribution in [0.2, 0.25) is 0 Å². The highest BCUT2D eigenvalue weighted by atomic mass is 15.3. The van der Waals surface area contributed by atoms with E-state index in [4.69, 9.17) is 5.73 Å². The van der Waals surface area contributed by atoms with Crippen molar-refractivity contribution in [3.63, 3.8) is 0 Å². The molecule has 1 aliphatic carbocycles. The van der Waals surface area contributed by atoms with Crippen LogP contribution in [-0.4, -0.2) is 9.78 Å². The third-order valence-electron chi connectivity index (χ3n) is 3.97. The van der Waals surface area contributed by atoms with Gasteiger partial charge < -0.3 is 5.73 Å². The number of nitrogens with zero attached hydrogens (tertiary/aromatic N) is 2. The monoisotopic (exact) mass is 221 g/mol. The molecular weight excluding hydrogens is 198 g/mol. The second-order valence-electron chi connectivity index (χ2n) is 5.35. The van der Waals surface area contributed by atoms with Gasteiger partial charge in [0.1, 0.15) is 5.82 Å². The van der Waals surface area contributed by atoms with Crippen LogP contribution in [0.15, 0.2) is 0 Å². The largest absolute Gasteiger partial charge is 0.384 e. The Labute approximate surface area is 98.0 Å². The summed E-state index contributed by atoms with van der Waals surface area (Å²) in [5, 5.41) is 4.67. The highest BCUT2D eigenvalue weighted by Gasteiger charge is 2.35. The summed E-state index contributed by atoms with van der Waals surface area (Å²) in [7, 11) is 1.95. The van der Waals surface area contributed by atoms with Gasteiger partial charge in [-0.1, -0.05) is 33.1 Å². The van der Waals surface area contributed by atoms with Crippen LogP contribution in [-0.2, 0) is 18.9 Å². The fourth-order valence-electron chi connectivity index (χ4n) is 2.95. The molecule has 1 aliphatic rings. The van der Waals surface area contributed by atoms with Crippen LogP contribution in [0.1, 0.15) is 57.2 Å². The van der Waals surface area contributed by atoms with Crippen molar-refractivity contribution in [1.29, 1.82) is 0 Å². The first-order valence-corrected chi connectivity index (χ1v) is 6.40.